The molecule has 2 N–H and O–H groups in total. The molecule has 0 aliphatic carbocycles. The summed E-state index contributed by atoms with van der Waals surface area (Å²) in [5, 5.41) is 2.87. The Hall–Kier alpha value is -3.28. The van der Waals surface area contributed by atoms with Crippen LogP contribution in [0.4, 0.5) is 0 Å². The van der Waals surface area contributed by atoms with Gasteiger partial charge in [-0.15, -0.1) is 0 Å². The van der Waals surface area contributed by atoms with Crippen LogP contribution in [-0.4, -0.2) is 29.2 Å². The molecule has 6 heteroatoms. The minimum atomic E-state index is -0.0196. The number of H-pyrrole nitrogens is 1. The monoisotopic (exact) mass is 333 g/mol. The van der Waals surface area contributed by atoms with E-state index in [1.165, 1.54) is 0 Å². The molecule has 0 atom stereocenters. The predicted octanol–water partition coefficient (Wildman–Crippen LogP) is 2.76. The molecule has 2 aliphatic rings. The van der Waals surface area contributed by atoms with E-state index in [4.69, 9.17) is 9.47 Å². The smallest absolute Gasteiger partial charge is 0.253 e. The number of hydrogen-bond donors (Lipinski definition) is 2. The number of carbonyl (C=O) groups excluding carboxylic acids is 1. The van der Waals surface area contributed by atoms with Crippen molar-refractivity contribution in [3.8, 4) is 34.0 Å². The first-order valence-electron chi connectivity index (χ1n) is 8.14. The molecule has 124 valence electrons. The highest BCUT2D eigenvalue weighted by Gasteiger charge is 2.20. The first-order chi connectivity index (χ1) is 12.3. The van der Waals surface area contributed by atoms with Gasteiger partial charge in [0.05, 0.1) is 11.3 Å². The van der Waals surface area contributed by atoms with Gasteiger partial charge in [-0.2, -0.15) is 0 Å². The highest BCUT2D eigenvalue weighted by molar-refractivity contribution is 5.97. The van der Waals surface area contributed by atoms with Crippen LogP contribution in [0, 0.1) is 0 Å². The number of nitrogens with zero attached hydrogens (tertiary/aromatic N) is 1. The number of carbonyl (C=O) groups is 1. The number of ether oxygens (including phenoxy) is 2. The van der Waals surface area contributed by atoms with Crippen molar-refractivity contribution in [1.29, 1.82) is 0 Å². The lowest BCUT2D eigenvalue weighted by Crippen LogP contribution is -2.31. The molecule has 0 bridgehead atoms. The van der Waals surface area contributed by atoms with E-state index in [9.17, 15) is 4.79 Å². The van der Waals surface area contributed by atoms with Crippen LogP contribution in [0.25, 0.3) is 22.5 Å². The number of pyridine rings is 1. The van der Waals surface area contributed by atoms with Crippen molar-refractivity contribution >= 4 is 5.91 Å². The fourth-order valence-corrected chi connectivity index (χ4v) is 3.26. The molecular weight excluding hydrogens is 318 g/mol. The second-order valence-corrected chi connectivity index (χ2v) is 6.08. The molecule has 2 aliphatic heterocycles. The Morgan fingerprint density at radius 2 is 1.92 bits per heavy atom. The van der Waals surface area contributed by atoms with Gasteiger partial charge in [-0.05, 0) is 36.4 Å². The summed E-state index contributed by atoms with van der Waals surface area (Å²) in [6.07, 6.45) is 2.59. The van der Waals surface area contributed by atoms with Crippen LogP contribution < -0.4 is 14.8 Å². The maximum Gasteiger partial charge on any atom is 0.253 e. The van der Waals surface area contributed by atoms with Crippen LogP contribution in [-0.2, 0) is 6.42 Å². The summed E-state index contributed by atoms with van der Waals surface area (Å²) >= 11 is 0. The van der Waals surface area contributed by atoms with Gasteiger partial charge in [-0.3, -0.25) is 9.78 Å². The lowest BCUT2D eigenvalue weighted by molar-refractivity contribution is 0.0946. The molecule has 2 aromatic heterocycles. The average molecular weight is 333 g/mol. The Morgan fingerprint density at radius 1 is 1.00 bits per heavy atom. The predicted molar refractivity (Wildman–Crippen MR) is 91.6 cm³/mol. The van der Waals surface area contributed by atoms with E-state index < -0.39 is 0 Å². The van der Waals surface area contributed by atoms with Gasteiger partial charge in [0.15, 0.2) is 11.5 Å². The molecule has 0 radical (unpaired) electrons. The Labute approximate surface area is 143 Å². The van der Waals surface area contributed by atoms with Gasteiger partial charge >= 0.3 is 0 Å². The van der Waals surface area contributed by atoms with Gasteiger partial charge < -0.3 is 19.8 Å². The molecule has 0 unspecified atom stereocenters. The van der Waals surface area contributed by atoms with Gasteiger partial charge in [0, 0.05) is 41.7 Å². The lowest BCUT2D eigenvalue weighted by atomic mass is 10.1. The van der Waals surface area contributed by atoms with E-state index in [1.54, 1.807) is 6.20 Å². The molecule has 5 rings (SSSR count). The highest BCUT2D eigenvalue weighted by Crippen LogP contribution is 2.36. The molecule has 0 saturated carbocycles. The van der Waals surface area contributed by atoms with E-state index in [0.717, 1.165) is 51.7 Å². The highest BCUT2D eigenvalue weighted by atomic mass is 16.7. The molecule has 0 saturated heterocycles. The fraction of sp³-hybridized carbons (Fsp3) is 0.158. The number of benzene rings is 1. The molecule has 6 nitrogen and oxygen atoms in total. The quantitative estimate of drug-likeness (QED) is 0.756. The minimum absolute atomic E-state index is 0.0196. The molecule has 3 aromatic rings. The normalized spacial score (nSPS) is 15.0. The first kappa shape index (κ1) is 14.1. The number of hydrogen-bond acceptors (Lipinski definition) is 4. The van der Waals surface area contributed by atoms with E-state index in [-0.39, 0.29) is 12.7 Å². The van der Waals surface area contributed by atoms with Crippen molar-refractivity contribution in [2.45, 2.75) is 6.42 Å². The maximum atomic E-state index is 12.0. The molecule has 25 heavy (non-hydrogen) atoms. The van der Waals surface area contributed by atoms with Crippen LogP contribution in [0.3, 0.4) is 0 Å². The number of rotatable bonds is 2. The topological polar surface area (TPSA) is 76.2 Å². The number of fused-ring (bicyclic) bond motifs is 2. The summed E-state index contributed by atoms with van der Waals surface area (Å²) in [6.45, 7) is 0.924. The summed E-state index contributed by atoms with van der Waals surface area (Å²) < 4.78 is 10.8. The summed E-state index contributed by atoms with van der Waals surface area (Å²) in [5.74, 6) is 1.47. The summed E-state index contributed by atoms with van der Waals surface area (Å²) in [6, 6.07) is 11.6. The largest absolute Gasteiger partial charge is 0.454 e. The van der Waals surface area contributed by atoms with Crippen molar-refractivity contribution in [3.63, 3.8) is 0 Å². The number of nitrogens with one attached hydrogen (secondary N) is 2. The van der Waals surface area contributed by atoms with Crippen LogP contribution in [0.1, 0.15) is 16.1 Å². The Bertz CT molecular complexity index is 993. The zero-order chi connectivity index (χ0) is 16.8. The zero-order valence-electron chi connectivity index (χ0n) is 13.3. The first-order valence-corrected chi connectivity index (χ1v) is 8.14. The SMILES string of the molecule is O=C1NCCc2[nH]c(-c3ccnc(-c4ccc5c(c4)OCO5)c3)cc21. The Morgan fingerprint density at radius 3 is 2.84 bits per heavy atom. The summed E-state index contributed by atoms with van der Waals surface area (Å²) in [4.78, 5) is 19.8. The summed E-state index contributed by atoms with van der Waals surface area (Å²) in [7, 11) is 0. The summed E-state index contributed by atoms with van der Waals surface area (Å²) in [5.41, 5.74) is 5.42. The van der Waals surface area contributed by atoms with E-state index in [1.807, 2.05) is 36.4 Å². The standard InChI is InChI=1S/C19H15N3O3/c23-19-13-9-16(22-14(13)4-6-21-19)12-3-5-20-15(7-12)11-1-2-17-18(8-11)25-10-24-17/h1-3,5,7-9,22H,4,6,10H2,(H,21,23). The van der Waals surface area contributed by atoms with Crippen molar-refractivity contribution in [3.05, 3.63) is 53.9 Å². The number of aromatic nitrogens is 2. The van der Waals surface area contributed by atoms with Gasteiger partial charge in [0.1, 0.15) is 0 Å². The van der Waals surface area contributed by atoms with Crippen LogP contribution >= 0.6 is 0 Å². The van der Waals surface area contributed by atoms with Crippen molar-refractivity contribution < 1.29 is 14.3 Å². The molecule has 4 heterocycles. The average Bonchev–Trinajstić information content (AvgIpc) is 3.28. The minimum Gasteiger partial charge on any atom is -0.454 e. The van der Waals surface area contributed by atoms with E-state index in [0.29, 0.717) is 6.54 Å². The third-order valence-corrected chi connectivity index (χ3v) is 4.54. The molecular formula is C19H15N3O3. The van der Waals surface area contributed by atoms with E-state index in [2.05, 4.69) is 15.3 Å². The van der Waals surface area contributed by atoms with Gasteiger partial charge in [-0.25, -0.2) is 0 Å². The maximum absolute atomic E-state index is 12.0. The van der Waals surface area contributed by atoms with Crippen molar-refractivity contribution in [1.82, 2.24) is 15.3 Å². The second kappa shape index (κ2) is 5.37. The molecule has 1 amide bonds. The van der Waals surface area contributed by atoms with Gasteiger partial charge in [0.25, 0.3) is 5.91 Å². The zero-order valence-corrected chi connectivity index (χ0v) is 13.3. The lowest BCUT2D eigenvalue weighted by Gasteiger charge is -2.10. The van der Waals surface area contributed by atoms with Crippen molar-refractivity contribution in [2.24, 2.45) is 0 Å². The van der Waals surface area contributed by atoms with Crippen LogP contribution in [0.2, 0.25) is 0 Å². The Kier molecular flexibility index (Phi) is 3.03. The Balaban J connectivity index is 1.54. The third-order valence-electron chi connectivity index (χ3n) is 4.54. The van der Waals surface area contributed by atoms with Gasteiger partial charge in [-0.1, -0.05) is 0 Å². The third kappa shape index (κ3) is 2.34. The molecule has 0 spiro atoms. The second-order valence-electron chi connectivity index (χ2n) is 6.08. The van der Waals surface area contributed by atoms with Crippen LogP contribution in [0.5, 0.6) is 11.5 Å². The fourth-order valence-electron chi connectivity index (χ4n) is 3.26. The number of amides is 1. The van der Waals surface area contributed by atoms with E-state index >= 15 is 0 Å². The molecule has 1 aromatic carbocycles. The number of aromatic amines is 1. The van der Waals surface area contributed by atoms with Crippen molar-refractivity contribution in [2.75, 3.05) is 13.3 Å². The van der Waals surface area contributed by atoms with Gasteiger partial charge in [0.2, 0.25) is 6.79 Å². The molecule has 0 fully saturated rings. The van der Waals surface area contributed by atoms with Crippen LogP contribution in [0.15, 0.2) is 42.6 Å².